The van der Waals surface area contributed by atoms with Gasteiger partial charge in [-0.05, 0) is 45.0 Å². The van der Waals surface area contributed by atoms with Crippen molar-refractivity contribution >= 4 is 0 Å². The molecular weight excluding hydrogens is 205 g/mol. The van der Waals surface area contributed by atoms with Crippen LogP contribution in [0.15, 0.2) is 18.2 Å². The molecule has 1 aromatic carbocycles. The van der Waals surface area contributed by atoms with Gasteiger partial charge in [0.05, 0.1) is 11.6 Å². The van der Waals surface area contributed by atoms with Gasteiger partial charge in [-0.15, -0.1) is 0 Å². The lowest BCUT2D eigenvalue weighted by molar-refractivity contribution is -0.00905. The minimum Gasteiger partial charge on any atom is -0.377 e. The van der Waals surface area contributed by atoms with Crippen LogP contribution in [0.25, 0.3) is 0 Å². The zero-order chi connectivity index (χ0) is 12.3. The third-order valence-electron chi connectivity index (χ3n) is 3.04. The van der Waals surface area contributed by atoms with E-state index >= 15 is 0 Å². The molecule has 0 heterocycles. The molecule has 0 bridgehead atoms. The van der Waals surface area contributed by atoms with Crippen LogP contribution in [0.4, 0.5) is 4.39 Å². The van der Waals surface area contributed by atoms with E-state index in [4.69, 9.17) is 4.74 Å². The highest BCUT2D eigenvalue weighted by Gasteiger charge is 2.29. The van der Waals surface area contributed by atoms with Crippen molar-refractivity contribution < 1.29 is 9.13 Å². The van der Waals surface area contributed by atoms with Crippen LogP contribution in [0.5, 0.6) is 0 Å². The van der Waals surface area contributed by atoms with E-state index in [1.165, 1.54) is 0 Å². The van der Waals surface area contributed by atoms with E-state index in [0.717, 1.165) is 5.56 Å². The first-order valence-corrected chi connectivity index (χ1v) is 5.41. The fourth-order valence-electron chi connectivity index (χ4n) is 1.82. The van der Waals surface area contributed by atoms with Gasteiger partial charge < -0.3 is 10.1 Å². The number of benzene rings is 1. The normalized spacial score (nSPS) is 13.9. The lowest BCUT2D eigenvalue weighted by Crippen LogP contribution is -2.39. The van der Waals surface area contributed by atoms with Gasteiger partial charge in [0.2, 0.25) is 0 Å². The lowest BCUT2D eigenvalue weighted by Gasteiger charge is -2.33. The Morgan fingerprint density at radius 3 is 2.44 bits per heavy atom. The number of likely N-dealkylation sites (N-methyl/N-ethyl adjacent to an activating group) is 1. The van der Waals surface area contributed by atoms with E-state index in [1.54, 1.807) is 26.2 Å². The quantitative estimate of drug-likeness (QED) is 0.850. The average molecular weight is 225 g/mol. The summed E-state index contributed by atoms with van der Waals surface area (Å²) < 4.78 is 18.9. The largest absolute Gasteiger partial charge is 0.377 e. The first-order valence-electron chi connectivity index (χ1n) is 5.41. The Hall–Kier alpha value is -0.930. The van der Waals surface area contributed by atoms with E-state index < -0.39 is 0 Å². The van der Waals surface area contributed by atoms with Crippen molar-refractivity contribution in [3.8, 4) is 0 Å². The number of halogens is 1. The third-order valence-corrected chi connectivity index (χ3v) is 3.04. The molecule has 2 nitrogen and oxygen atoms in total. The highest BCUT2D eigenvalue weighted by atomic mass is 19.1. The second-order valence-electron chi connectivity index (χ2n) is 4.54. The summed E-state index contributed by atoms with van der Waals surface area (Å²) in [6.45, 7) is 5.72. The van der Waals surface area contributed by atoms with Crippen LogP contribution < -0.4 is 5.32 Å². The molecule has 0 radical (unpaired) electrons. The first-order chi connectivity index (χ1) is 7.42. The molecule has 90 valence electrons. The zero-order valence-electron chi connectivity index (χ0n) is 10.6. The number of hydrogen-bond donors (Lipinski definition) is 1. The number of ether oxygens (including phenoxy) is 1. The van der Waals surface area contributed by atoms with Crippen LogP contribution in [0.2, 0.25) is 0 Å². The second kappa shape index (κ2) is 4.93. The molecule has 0 aliphatic heterocycles. The van der Waals surface area contributed by atoms with Gasteiger partial charge in [-0.1, -0.05) is 12.1 Å². The predicted octanol–water partition coefficient (Wildman–Crippen LogP) is 2.82. The molecule has 0 aliphatic carbocycles. The van der Waals surface area contributed by atoms with Gasteiger partial charge in [-0.3, -0.25) is 0 Å². The molecule has 1 unspecified atom stereocenters. The van der Waals surface area contributed by atoms with E-state index in [-0.39, 0.29) is 17.5 Å². The number of aryl methyl sites for hydroxylation is 1. The van der Waals surface area contributed by atoms with E-state index in [0.29, 0.717) is 5.56 Å². The van der Waals surface area contributed by atoms with Crippen LogP contribution in [-0.4, -0.2) is 19.8 Å². The van der Waals surface area contributed by atoms with Gasteiger partial charge in [0.1, 0.15) is 5.82 Å². The number of methoxy groups -OCH3 is 1. The Kier molecular flexibility index (Phi) is 4.05. The summed E-state index contributed by atoms with van der Waals surface area (Å²) in [7, 11) is 3.51. The Bertz CT molecular complexity index is 363. The fourth-order valence-corrected chi connectivity index (χ4v) is 1.82. The van der Waals surface area contributed by atoms with Crippen molar-refractivity contribution in [1.29, 1.82) is 0 Å². The molecular formula is C13H20FNO. The van der Waals surface area contributed by atoms with Gasteiger partial charge in [-0.25, -0.2) is 4.39 Å². The molecule has 0 spiro atoms. The van der Waals surface area contributed by atoms with Gasteiger partial charge >= 0.3 is 0 Å². The fraction of sp³-hybridized carbons (Fsp3) is 0.538. The summed E-state index contributed by atoms with van der Waals surface area (Å²) in [6, 6.07) is 5.26. The average Bonchev–Trinajstić information content (AvgIpc) is 2.24. The van der Waals surface area contributed by atoms with Crippen LogP contribution in [-0.2, 0) is 4.74 Å². The van der Waals surface area contributed by atoms with Crippen molar-refractivity contribution in [3.63, 3.8) is 0 Å². The van der Waals surface area contributed by atoms with E-state index in [9.17, 15) is 4.39 Å². The Labute approximate surface area is 96.8 Å². The molecule has 1 N–H and O–H groups in total. The van der Waals surface area contributed by atoms with Crippen molar-refractivity contribution in [2.75, 3.05) is 14.2 Å². The maximum atomic E-state index is 13.5. The van der Waals surface area contributed by atoms with Crippen LogP contribution in [0.1, 0.15) is 31.0 Å². The summed E-state index contributed by atoms with van der Waals surface area (Å²) in [4.78, 5) is 0. The van der Waals surface area contributed by atoms with Crippen LogP contribution in [0.3, 0.4) is 0 Å². The smallest absolute Gasteiger partial charge is 0.126 e. The summed E-state index contributed by atoms with van der Waals surface area (Å²) in [5.74, 6) is -0.176. The predicted molar refractivity (Wildman–Crippen MR) is 64.0 cm³/mol. The number of hydrogen-bond acceptors (Lipinski definition) is 2. The highest BCUT2D eigenvalue weighted by molar-refractivity contribution is 5.27. The molecule has 1 aromatic rings. The molecule has 1 atom stereocenters. The topological polar surface area (TPSA) is 21.3 Å². The number of nitrogens with one attached hydrogen (secondary N) is 1. The monoisotopic (exact) mass is 225 g/mol. The minimum atomic E-state index is -0.379. The summed E-state index contributed by atoms with van der Waals surface area (Å²) >= 11 is 0. The van der Waals surface area contributed by atoms with Gasteiger partial charge in [-0.2, -0.15) is 0 Å². The zero-order valence-corrected chi connectivity index (χ0v) is 10.6. The Morgan fingerprint density at radius 2 is 2.00 bits per heavy atom. The molecule has 0 fully saturated rings. The molecule has 16 heavy (non-hydrogen) atoms. The molecule has 0 amide bonds. The van der Waals surface area contributed by atoms with Crippen molar-refractivity contribution in [2.45, 2.75) is 32.4 Å². The van der Waals surface area contributed by atoms with Crippen molar-refractivity contribution in [2.24, 2.45) is 0 Å². The van der Waals surface area contributed by atoms with E-state index in [2.05, 4.69) is 5.32 Å². The first kappa shape index (κ1) is 13.1. The molecule has 1 rings (SSSR count). The minimum absolute atomic E-state index is 0.0346. The highest BCUT2D eigenvalue weighted by Crippen LogP contribution is 2.28. The van der Waals surface area contributed by atoms with Gasteiger partial charge in [0, 0.05) is 7.11 Å². The maximum Gasteiger partial charge on any atom is 0.126 e. The van der Waals surface area contributed by atoms with Crippen molar-refractivity contribution in [1.82, 2.24) is 5.32 Å². The second-order valence-corrected chi connectivity index (χ2v) is 4.54. The third kappa shape index (κ3) is 2.60. The Balaban J connectivity index is 3.09. The van der Waals surface area contributed by atoms with Crippen LogP contribution >= 0.6 is 0 Å². The SMILES string of the molecule is CNC(c1ccc(C)c(F)c1)C(C)(C)OC. The molecule has 0 aliphatic rings. The molecule has 0 saturated carbocycles. The molecule has 0 saturated heterocycles. The maximum absolute atomic E-state index is 13.5. The van der Waals surface area contributed by atoms with E-state index in [1.807, 2.05) is 27.0 Å². The van der Waals surface area contributed by atoms with Gasteiger partial charge in [0.15, 0.2) is 0 Å². The summed E-state index contributed by atoms with van der Waals surface area (Å²) in [5, 5.41) is 3.16. The van der Waals surface area contributed by atoms with Crippen molar-refractivity contribution in [3.05, 3.63) is 35.1 Å². The number of rotatable bonds is 4. The van der Waals surface area contributed by atoms with Crippen LogP contribution in [0, 0.1) is 12.7 Å². The molecule has 3 heteroatoms. The molecule has 0 aromatic heterocycles. The standard InChI is InChI=1S/C13H20FNO/c1-9-6-7-10(8-11(9)14)12(15-4)13(2,3)16-5/h6-8,12,15H,1-5H3. The van der Waals surface area contributed by atoms with Gasteiger partial charge in [0.25, 0.3) is 0 Å². The Morgan fingerprint density at radius 1 is 1.38 bits per heavy atom. The summed E-state index contributed by atoms with van der Waals surface area (Å²) in [5.41, 5.74) is 1.18. The lowest BCUT2D eigenvalue weighted by atomic mass is 9.91. The summed E-state index contributed by atoms with van der Waals surface area (Å²) in [6.07, 6.45) is 0.